The maximum Gasteiger partial charge on any atom is 0.269 e. The number of carbonyl (C=O) groups excluding carboxylic acids is 2. The molecule has 1 aliphatic carbocycles. The topological polar surface area (TPSA) is 115 Å². The Labute approximate surface area is 140 Å². The van der Waals surface area contributed by atoms with E-state index in [0.717, 1.165) is 25.7 Å². The van der Waals surface area contributed by atoms with Gasteiger partial charge in [0, 0.05) is 18.2 Å². The highest BCUT2D eigenvalue weighted by Gasteiger charge is 2.37. The first-order valence-electron chi connectivity index (χ1n) is 7.97. The number of nitro groups is 1. The third kappa shape index (κ3) is 4.41. The summed E-state index contributed by atoms with van der Waals surface area (Å²) in [7, 11) is 0. The molecule has 2 rings (SSSR count). The minimum absolute atomic E-state index is 0.0114. The van der Waals surface area contributed by atoms with Crippen molar-refractivity contribution in [2.45, 2.75) is 44.1 Å². The number of primary amides is 1. The van der Waals surface area contributed by atoms with Crippen LogP contribution < -0.4 is 11.1 Å². The number of benzene rings is 1. The van der Waals surface area contributed by atoms with Crippen molar-refractivity contribution in [3.8, 4) is 0 Å². The second-order valence-corrected chi connectivity index (χ2v) is 6.03. The van der Waals surface area contributed by atoms with Crippen molar-refractivity contribution in [1.82, 2.24) is 5.32 Å². The second kappa shape index (κ2) is 7.72. The first-order chi connectivity index (χ1) is 11.4. The van der Waals surface area contributed by atoms with E-state index in [-0.39, 0.29) is 5.69 Å². The van der Waals surface area contributed by atoms with Crippen LogP contribution in [0.1, 0.15) is 44.1 Å². The Morgan fingerprint density at radius 2 is 1.71 bits per heavy atom. The quantitative estimate of drug-likeness (QED) is 0.373. The van der Waals surface area contributed by atoms with Crippen LogP contribution in [0.3, 0.4) is 0 Å². The number of amides is 2. The molecule has 0 spiro atoms. The van der Waals surface area contributed by atoms with Gasteiger partial charge in [-0.2, -0.15) is 0 Å². The Morgan fingerprint density at radius 1 is 1.12 bits per heavy atom. The predicted octanol–water partition coefficient (Wildman–Crippen LogP) is 2.30. The number of hydrogen-bond acceptors (Lipinski definition) is 4. The van der Waals surface area contributed by atoms with Crippen LogP contribution in [0.2, 0.25) is 0 Å². The summed E-state index contributed by atoms with van der Waals surface area (Å²) in [5.41, 5.74) is 5.20. The average Bonchev–Trinajstić information content (AvgIpc) is 2.80. The number of nitro benzene ring substituents is 1. The van der Waals surface area contributed by atoms with E-state index in [1.807, 2.05) is 0 Å². The second-order valence-electron chi connectivity index (χ2n) is 6.03. The molecule has 0 aromatic heterocycles. The van der Waals surface area contributed by atoms with Crippen LogP contribution in [0.4, 0.5) is 5.69 Å². The summed E-state index contributed by atoms with van der Waals surface area (Å²) < 4.78 is 0. The molecule has 0 aliphatic heterocycles. The summed E-state index contributed by atoms with van der Waals surface area (Å²) in [5, 5.41) is 13.4. The van der Waals surface area contributed by atoms with E-state index >= 15 is 0 Å². The molecule has 0 radical (unpaired) electrons. The van der Waals surface area contributed by atoms with Crippen molar-refractivity contribution >= 4 is 23.6 Å². The fraction of sp³-hybridized carbons (Fsp3) is 0.412. The monoisotopic (exact) mass is 331 g/mol. The third-order valence-electron chi connectivity index (χ3n) is 4.32. The summed E-state index contributed by atoms with van der Waals surface area (Å²) in [6.07, 6.45) is 7.75. The van der Waals surface area contributed by atoms with Gasteiger partial charge in [-0.05, 0) is 36.6 Å². The molecule has 7 heteroatoms. The molecule has 0 saturated heterocycles. The molecule has 1 saturated carbocycles. The van der Waals surface area contributed by atoms with Gasteiger partial charge < -0.3 is 11.1 Å². The molecule has 24 heavy (non-hydrogen) atoms. The van der Waals surface area contributed by atoms with Crippen molar-refractivity contribution < 1.29 is 14.5 Å². The lowest BCUT2D eigenvalue weighted by Crippen LogP contribution is -2.56. The summed E-state index contributed by atoms with van der Waals surface area (Å²) in [6, 6.07) is 5.84. The van der Waals surface area contributed by atoms with Crippen LogP contribution in [-0.2, 0) is 9.59 Å². The molecule has 0 unspecified atom stereocenters. The molecule has 1 aliphatic rings. The molecule has 128 valence electrons. The lowest BCUT2D eigenvalue weighted by atomic mass is 9.89. The first-order valence-corrected chi connectivity index (χ1v) is 7.97. The maximum atomic E-state index is 12.2. The highest BCUT2D eigenvalue weighted by molar-refractivity contribution is 5.97. The van der Waals surface area contributed by atoms with Crippen LogP contribution in [-0.4, -0.2) is 22.3 Å². The zero-order valence-corrected chi connectivity index (χ0v) is 13.4. The van der Waals surface area contributed by atoms with E-state index in [9.17, 15) is 19.7 Å². The van der Waals surface area contributed by atoms with Gasteiger partial charge in [-0.1, -0.05) is 25.7 Å². The third-order valence-corrected chi connectivity index (χ3v) is 4.32. The van der Waals surface area contributed by atoms with E-state index in [1.165, 1.54) is 18.2 Å². The van der Waals surface area contributed by atoms with E-state index in [0.29, 0.717) is 18.4 Å². The van der Waals surface area contributed by atoms with E-state index in [4.69, 9.17) is 5.73 Å². The molecule has 0 bridgehead atoms. The Morgan fingerprint density at radius 3 is 2.21 bits per heavy atom. The highest BCUT2D eigenvalue weighted by atomic mass is 16.6. The zero-order chi connectivity index (χ0) is 17.6. The van der Waals surface area contributed by atoms with E-state index in [1.54, 1.807) is 18.2 Å². The number of nitrogens with one attached hydrogen (secondary N) is 1. The first kappa shape index (κ1) is 17.7. The van der Waals surface area contributed by atoms with Crippen LogP contribution in [0, 0.1) is 10.1 Å². The van der Waals surface area contributed by atoms with Crippen molar-refractivity contribution in [1.29, 1.82) is 0 Å². The summed E-state index contributed by atoms with van der Waals surface area (Å²) in [6.45, 7) is 0. The number of nitrogens with two attached hydrogens (primary N) is 1. The van der Waals surface area contributed by atoms with Gasteiger partial charge >= 0.3 is 0 Å². The van der Waals surface area contributed by atoms with Crippen molar-refractivity contribution in [3.63, 3.8) is 0 Å². The number of rotatable bonds is 5. The molecule has 3 N–H and O–H groups in total. The smallest absolute Gasteiger partial charge is 0.269 e. The minimum Gasteiger partial charge on any atom is -0.368 e. The molecule has 2 amide bonds. The standard InChI is InChI=1S/C17H21N3O4/c18-16(22)17(11-3-1-2-4-12-17)19-15(21)10-7-13-5-8-14(9-6-13)20(23)24/h5-10H,1-4,11-12H2,(H2,18,22)(H,19,21)/b10-7+. The summed E-state index contributed by atoms with van der Waals surface area (Å²) >= 11 is 0. The number of hydrogen-bond donors (Lipinski definition) is 2. The lowest BCUT2D eigenvalue weighted by Gasteiger charge is -2.29. The van der Waals surface area contributed by atoms with Gasteiger partial charge in [-0.25, -0.2) is 0 Å². The molecule has 1 fully saturated rings. The van der Waals surface area contributed by atoms with E-state index in [2.05, 4.69) is 5.32 Å². The average molecular weight is 331 g/mol. The Bertz CT molecular complexity index is 644. The molecule has 0 heterocycles. The Balaban J connectivity index is 2.04. The zero-order valence-electron chi connectivity index (χ0n) is 13.4. The van der Waals surface area contributed by atoms with Gasteiger partial charge in [0.1, 0.15) is 5.54 Å². The van der Waals surface area contributed by atoms with Gasteiger partial charge in [-0.3, -0.25) is 19.7 Å². The van der Waals surface area contributed by atoms with Gasteiger partial charge in [0.05, 0.1) is 4.92 Å². The normalized spacial score (nSPS) is 17.2. The van der Waals surface area contributed by atoms with Gasteiger partial charge in [0.15, 0.2) is 0 Å². The molecule has 0 atom stereocenters. The van der Waals surface area contributed by atoms with Crippen molar-refractivity contribution in [2.24, 2.45) is 5.73 Å². The number of carbonyl (C=O) groups is 2. The molecular formula is C17H21N3O4. The Hall–Kier alpha value is -2.70. The van der Waals surface area contributed by atoms with Gasteiger partial charge in [0.2, 0.25) is 11.8 Å². The highest BCUT2D eigenvalue weighted by Crippen LogP contribution is 2.27. The molecule has 1 aromatic rings. The maximum absolute atomic E-state index is 12.2. The fourth-order valence-corrected chi connectivity index (χ4v) is 2.92. The number of non-ortho nitro benzene ring substituents is 1. The van der Waals surface area contributed by atoms with Crippen molar-refractivity contribution in [2.75, 3.05) is 0 Å². The molecular weight excluding hydrogens is 310 g/mol. The lowest BCUT2D eigenvalue weighted by molar-refractivity contribution is -0.384. The van der Waals surface area contributed by atoms with Gasteiger partial charge in [-0.15, -0.1) is 0 Å². The molecule has 1 aromatic carbocycles. The fourth-order valence-electron chi connectivity index (χ4n) is 2.92. The van der Waals surface area contributed by atoms with Crippen LogP contribution in [0.25, 0.3) is 6.08 Å². The molecule has 7 nitrogen and oxygen atoms in total. The number of nitrogens with zero attached hydrogens (tertiary/aromatic N) is 1. The Kier molecular flexibility index (Phi) is 5.68. The van der Waals surface area contributed by atoms with E-state index < -0.39 is 22.3 Å². The van der Waals surface area contributed by atoms with Crippen molar-refractivity contribution in [3.05, 3.63) is 46.0 Å². The summed E-state index contributed by atoms with van der Waals surface area (Å²) in [5.74, 6) is -0.893. The van der Waals surface area contributed by atoms with Crippen LogP contribution in [0.5, 0.6) is 0 Å². The van der Waals surface area contributed by atoms with Crippen LogP contribution >= 0.6 is 0 Å². The minimum atomic E-state index is -0.979. The van der Waals surface area contributed by atoms with Crippen LogP contribution in [0.15, 0.2) is 30.3 Å². The predicted molar refractivity (Wildman–Crippen MR) is 89.9 cm³/mol. The van der Waals surface area contributed by atoms with Gasteiger partial charge in [0.25, 0.3) is 5.69 Å². The largest absolute Gasteiger partial charge is 0.368 e. The summed E-state index contributed by atoms with van der Waals surface area (Å²) in [4.78, 5) is 34.2. The SMILES string of the molecule is NC(=O)C1(NC(=O)/C=C/c2ccc([N+](=O)[O-])cc2)CCCCCC1.